The van der Waals surface area contributed by atoms with Gasteiger partial charge in [-0.15, -0.1) is 0 Å². The summed E-state index contributed by atoms with van der Waals surface area (Å²) in [5.41, 5.74) is 3.67. The second-order valence-corrected chi connectivity index (χ2v) is 4.65. The highest BCUT2D eigenvalue weighted by Gasteiger charge is 2.09. The van der Waals surface area contributed by atoms with Crippen molar-refractivity contribution < 1.29 is 19.1 Å². The molecule has 1 atom stereocenters. The van der Waals surface area contributed by atoms with Gasteiger partial charge in [-0.05, 0) is 23.3 Å². The molecule has 5 nitrogen and oxygen atoms in total. The second kappa shape index (κ2) is 8.11. The molecular weight excluding hydrogens is 287 g/mol. The number of hydrogen-bond acceptors (Lipinski definition) is 3. The Balaban J connectivity index is 1.68. The molecule has 22 heavy (non-hydrogen) atoms. The van der Waals surface area contributed by atoms with Crippen LogP contribution in [0, 0.1) is 5.82 Å². The first-order valence-corrected chi connectivity index (χ1v) is 6.78. The second-order valence-electron chi connectivity index (χ2n) is 4.65. The van der Waals surface area contributed by atoms with Crippen molar-refractivity contribution >= 4 is 6.03 Å². The summed E-state index contributed by atoms with van der Waals surface area (Å²) in [6, 6.07) is 14.3. The van der Waals surface area contributed by atoms with Crippen LogP contribution in [0.25, 0.3) is 0 Å². The maximum Gasteiger partial charge on any atom is 0.338 e. The number of rotatable bonds is 6. The van der Waals surface area contributed by atoms with E-state index in [1.54, 1.807) is 0 Å². The summed E-state index contributed by atoms with van der Waals surface area (Å²) in [5, 5.41) is 12.3. The number of nitrogens with one attached hydrogen (secondary N) is 2. The molecule has 0 fully saturated rings. The lowest BCUT2D eigenvalue weighted by atomic mass is 10.1. The van der Waals surface area contributed by atoms with E-state index < -0.39 is 12.1 Å². The molecule has 1 unspecified atom stereocenters. The zero-order valence-electron chi connectivity index (χ0n) is 11.8. The van der Waals surface area contributed by atoms with Crippen LogP contribution in [0.5, 0.6) is 0 Å². The highest BCUT2D eigenvalue weighted by Crippen LogP contribution is 2.12. The standard InChI is InChI=1S/C16H17FN2O3/c17-14-8-6-13(7-9-14)15(20)10-18-16(21)19-22-11-12-4-2-1-3-5-12/h1-9,15,20H,10-11H2,(H2,18,19,21). The van der Waals surface area contributed by atoms with E-state index in [9.17, 15) is 14.3 Å². The summed E-state index contributed by atoms with van der Waals surface area (Å²) in [7, 11) is 0. The molecule has 0 heterocycles. The molecule has 0 aliphatic heterocycles. The Morgan fingerprint density at radius 3 is 2.50 bits per heavy atom. The van der Waals surface area contributed by atoms with Crippen LogP contribution < -0.4 is 10.8 Å². The number of aliphatic hydroxyl groups excluding tert-OH is 1. The van der Waals surface area contributed by atoms with E-state index in [4.69, 9.17) is 4.84 Å². The number of amides is 2. The van der Waals surface area contributed by atoms with Crippen molar-refractivity contribution in [1.29, 1.82) is 0 Å². The van der Waals surface area contributed by atoms with E-state index in [-0.39, 0.29) is 19.0 Å². The number of aliphatic hydroxyl groups is 1. The summed E-state index contributed by atoms with van der Waals surface area (Å²) in [4.78, 5) is 16.5. The summed E-state index contributed by atoms with van der Waals surface area (Å²) in [5.74, 6) is -0.379. The highest BCUT2D eigenvalue weighted by atomic mass is 19.1. The normalized spacial score (nSPS) is 11.7. The number of hydroxylamine groups is 1. The zero-order valence-corrected chi connectivity index (χ0v) is 11.8. The average molecular weight is 304 g/mol. The van der Waals surface area contributed by atoms with Gasteiger partial charge in [0.1, 0.15) is 5.82 Å². The molecule has 0 aliphatic rings. The number of halogens is 1. The van der Waals surface area contributed by atoms with Gasteiger partial charge >= 0.3 is 6.03 Å². The SMILES string of the molecule is O=C(NCC(O)c1ccc(F)cc1)NOCc1ccccc1. The number of carbonyl (C=O) groups is 1. The molecule has 3 N–H and O–H groups in total. The first kappa shape index (κ1) is 15.9. The fourth-order valence-electron chi connectivity index (χ4n) is 1.79. The van der Waals surface area contributed by atoms with Gasteiger partial charge in [0, 0.05) is 6.54 Å². The van der Waals surface area contributed by atoms with Gasteiger partial charge in [0.15, 0.2) is 0 Å². The van der Waals surface area contributed by atoms with Gasteiger partial charge in [-0.1, -0.05) is 42.5 Å². The Bertz CT molecular complexity index is 590. The molecule has 116 valence electrons. The average Bonchev–Trinajstić information content (AvgIpc) is 2.54. The van der Waals surface area contributed by atoms with E-state index >= 15 is 0 Å². The van der Waals surface area contributed by atoms with Crippen LogP contribution in [0.4, 0.5) is 9.18 Å². The zero-order chi connectivity index (χ0) is 15.8. The van der Waals surface area contributed by atoms with Gasteiger partial charge < -0.3 is 10.4 Å². The van der Waals surface area contributed by atoms with E-state index in [0.717, 1.165) is 5.56 Å². The molecule has 0 aliphatic carbocycles. The van der Waals surface area contributed by atoms with Crippen molar-refractivity contribution in [2.24, 2.45) is 0 Å². The molecule has 2 aromatic carbocycles. The minimum absolute atomic E-state index is 0.00778. The third-order valence-electron chi connectivity index (χ3n) is 2.96. The molecule has 0 aromatic heterocycles. The van der Waals surface area contributed by atoms with E-state index in [1.807, 2.05) is 30.3 Å². The van der Waals surface area contributed by atoms with Crippen molar-refractivity contribution in [3.8, 4) is 0 Å². The Hall–Kier alpha value is -2.44. The Labute approximate surface area is 127 Å². The molecule has 2 rings (SSSR count). The lowest BCUT2D eigenvalue weighted by Crippen LogP contribution is -2.37. The van der Waals surface area contributed by atoms with Gasteiger partial charge in [0.2, 0.25) is 0 Å². The molecule has 0 spiro atoms. The molecule has 6 heteroatoms. The van der Waals surface area contributed by atoms with Crippen molar-refractivity contribution in [3.63, 3.8) is 0 Å². The summed E-state index contributed by atoms with van der Waals surface area (Å²) < 4.78 is 12.8. The molecule has 0 saturated carbocycles. The molecule has 2 aromatic rings. The molecular formula is C16H17FN2O3. The Morgan fingerprint density at radius 2 is 1.82 bits per heavy atom. The fraction of sp³-hybridized carbons (Fsp3) is 0.188. The monoisotopic (exact) mass is 304 g/mol. The third-order valence-corrected chi connectivity index (χ3v) is 2.96. The molecule has 0 saturated heterocycles. The van der Waals surface area contributed by atoms with Crippen LogP contribution in [0.3, 0.4) is 0 Å². The van der Waals surface area contributed by atoms with Crippen molar-refractivity contribution in [1.82, 2.24) is 10.8 Å². The number of benzene rings is 2. The van der Waals surface area contributed by atoms with Crippen molar-refractivity contribution in [3.05, 3.63) is 71.5 Å². The highest BCUT2D eigenvalue weighted by molar-refractivity contribution is 5.72. The number of carbonyl (C=O) groups excluding carboxylic acids is 1. The van der Waals surface area contributed by atoms with Gasteiger partial charge in [-0.3, -0.25) is 4.84 Å². The summed E-state index contributed by atoms with van der Waals surface area (Å²) in [6.45, 7) is 0.237. The fourth-order valence-corrected chi connectivity index (χ4v) is 1.79. The van der Waals surface area contributed by atoms with E-state index in [0.29, 0.717) is 5.56 Å². The van der Waals surface area contributed by atoms with Gasteiger partial charge in [0.25, 0.3) is 0 Å². The molecule has 0 radical (unpaired) electrons. The third kappa shape index (κ3) is 5.16. The largest absolute Gasteiger partial charge is 0.387 e. The van der Waals surface area contributed by atoms with Crippen LogP contribution in [-0.2, 0) is 11.4 Å². The van der Waals surface area contributed by atoms with Gasteiger partial charge in [-0.25, -0.2) is 14.7 Å². The predicted octanol–water partition coefficient (Wildman–Crippen LogP) is 2.29. The Kier molecular flexibility index (Phi) is 5.88. The van der Waals surface area contributed by atoms with Crippen LogP contribution >= 0.6 is 0 Å². The Morgan fingerprint density at radius 1 is 1.14 bits per heavy atom. The smallest absolute Gasteiger partial charge is 0.338 e. The van der Waals surface area contributed by atoms with Crippen molar-refractivity contribution in [2.45, 2.75) is 12.7 Å². The molecule has 2 amide bonds. The first-order chi connectivity index (χ1) is 10.6. The number of hydrogen-bond donors (Lipinski definition) is 3. The van der Waals surface area contributed by atoms with Crippen LogP contribution in [0.1, 0.15) is 17.2 Å². The summed E-state index contributed by atoms with van der Waals surface area (Å²) in [6.07, 6.45) is -0.916. The maximum atomic E-state index is 12.8. The van der Waals surface area contributed by atoms with Crippen molar-refractivity contribution in [2.75, 3.05) is 6.54 Å². The van der Waals surface area contributed by atoms with Crippen LogP contribution in [-0.4, -0.2) is 17.7 Å². The summed E-state index contributed by atoms with van der Waals surface area (Å²) >= 11 is 0. The minimum Gasteiger partial charge on any atom is -0.387 e. The lowest BCUT2D eigenvalue weighted by molar-refractivity contribution is 0.0477. The lowest BCUT2D eigenvalue weighted by Gasteiger charge is -2.13. The minimum atomic E-state index is -0.916. The van der Waals surface area contributed by atoms with Gasteiger partial charge in [0.05, 0.1) is 12.7 Å². The van der Waals surface area contributed by atoms with E-state index in [2.05, 4.69) is 10.8 Å². The van der Waals surface area contributed by atoms with Gasteiger partial charge in [-0.2, -0.15) is 0 Å². The predicted molar refractivity (Wildman–Crippen MR) is 79.1 cm³/mol. The quantitative estimate of drug-likeness (QED) is 0.717. The number of urea groups is 1. The maximum absolute atomic E-state index is 12.8. The van der Waals surface area contributed by atoms with E-state index in [1.165, 1.54) is 24.3 Å². The molecule has 0 bridgehead atoms. The topological polar surface area (TPSA) is 70.6 Å². The van der Waals surface area contributed by atoms with Crippen LogP contribution in [0.15, 0.2) is 54.6 Å². The first-order valence-electron chi connectivity index (χ1n) is 6.78. The van der Waals surface area contributed by atoms with Crippen LogP contribution in [0.2, 0.25) is 0 Å².